The van der Waals surface area contributed by atoms with Gasteiger partial charge in [0.25, 0.3) is 0 Å². The second-order valence-electron chi connectivity index (χ2n) is 7.61. The topological polar surface area (TPSA) is 44.8 Å². The molecule has 3 aromatic rings. The Hall–Kier alpha value is -3.53. The largest absolute Gasteiger partial charge is 0.493 e. The molecule has 160 valence electrons. The van der Waals surface area contributed by atoms with Crippen molar-refractivity contribution in [2.75, 3.05) is 13.7 Å². The maximum absolute atomic E-state index is 12.4. The van der Waals surface area contributed by atoms with E-state index in [9.17, 15) is 4.79 Å². The first-order valence-electron chi connectivity index (χ1n) is 10.3. The molecule has 0 aromatic heterocycles. The van der Waals surface area contributed by atoms with Gasteiger partial charge in [-0.05, 0) is 53.3 Å². The average Bonchev–Trinajstić information content (AvgIpc) is 2.77. The van der Waals surface area contributed by atoms with E-state index in [-0.39, 0.29) is 6.61 Å². The summed E-state index contributed by atoms with van der Waals surface area (Å²) in [5.41, 5.74) is 4.18. The van der Waals surface area contributed by atoms with Gasteiger partial charge in [-0.15, -0.1) is 0 Å². The van der Waals surface area contributed by atoms with Crippen LogP contribution in [-0.4, -0.2) is 19.7 Å². The zero-order chi connectivity index (χ0) is 22.2. The van der Waals surface area contributed by atoms with Crippen molar-refractivity contribution in [1.29, 1.82) is 0 Å². The number of hydrogen-bond donors (Lipinski definition) is 0. The number of esters is 1. The van der Waals surface area contributed by atoms with Crippen molar-refractivity contribution >= 4 is 18.1 Å². The molecule has 0 bridgehead atoms. The Morgan fingerprint density at radius 1 is 0.871 bits per heavy atom. The van der Waals surface area contributed by atoms with Crippen LogP contribution >= 0.6 is 0 Å². The van der Waals surface area contributed by atoms with Crippen LogP contribution in [0.1, 0.15) is 42.0 Å². The van der Waals surface area contributed by atoms with E-state index in [1.165, 1.54) is 0 Å². The zero-order valence-electron chi connectivity index (χ0n) is 18.4. The van der Waals surface area contributed by atoms with Gasteiger partial charge in [-0.2, -0.15) is 0 Å². The van der Waals surface area contributed by atoms with Crippen molar-refractivity contribution in [3.05, 3.63) is 89.0 Å². The van der Waals surface area contributed by atoms with Gasteiger partial charge in [-0.25, -0.2) is 4.79 Å². The van der Waals surface area contributed by atoms with E-state index in [2.05, 4.69) is 13.8 Å². The summed E-state index contributed by atoms with van der Waals surface area (Å²) in [5.74, 6) is 1.37. The van der Waals surface area contributed by atoms with Gasteiger partial charge in [0.15, 0.2) is 18.1 Å². The molecule has 0 fully saturated rings. The van der Waals surface area contributed by atoms with Crippen LogP contribution in [0.5, 0.6) is 17.2 Å². The summed E-state index contributed by atoms with van der Waals surface area (Å²) in [7, 11) is 1.55. The van der Waals surface area contributed by atoms with Crippen LogP contribution in [0, 0.1) is 6.92 Å². The van der Waals surface area contributed by atoms with Crippen LogP contribution in [0.15, 0.2) is 66.7 Å². The second-order valence-corrected chi connectivity index (χ2v) is 7.61. The van der Waals surface area contributed by atoms with Crippen molar-refractivity contribution in [2.45, 2.75) is 26.7 Å². The molecule has 31 heavy (non-hydrogen) atoms. The lowest BCUT2D eigenvalue weighted by atomic mass is 10.0. The molecule has 0 aliphatic rings. The Morgan fingerprint density at radius 3 is 2.32 bits per heavy atom. The molecule has 0 amide bonds. The number of ether oxygens (including phenoxy) is 3. The molecule has 4 nitrogen and oxygen atoms in total. The SMILES string of the molecule is COc1cc(/C=C/c2ccccc2)ccc1OC(=O)COc1cc(C)ccc1C(C)C. The Labute approximate surface area is 184 Å². The van der Waals surface area contributed by atoms with Gasteiger partial charge >= 0.3 is 5.97 Å². The minimum atomic E-state index is -0.484. The van der Waals surface area contributed by atoms with E-state index < -0.39 is 5.97 Å². The number of hydrogen-bond acceptors (Lipinski definition) is 4. The molecule has 0 aliphatic heterocycles. The normalized spacial score (nSPS) is 11.0. The monoisotopic (exact) mass is 416 g/mol. The predicted octanol–water partition coefficient (Wildman–Crippen LogP) is 6.28. The van der Waals surface area contributed by atoms with Crippen LogP contribution in [0.4, 0.5) is 0 Å². The maximum atomic E-state index is 12.4. The Kier molecular flexibility index (Phi) is 7.50. The number of benzene rings is 3. The first kappa shape index (κ1) is 22.2. The minimum absolute atomic E-state index is 0.179. The van der Waals surface area contributed by atoms with Gasteiger partial charge in [-0.3, -0.25) is 0 Å². The predicted molar refractivity (Wildman–Crippen MR) is 125 cm³/mol. The molecule has 3 rings (SSSR count). The highest BCUT2D eigenvalue weighted by Gasteiger charge is 2.14. The molecular formula is C27H28O4. The van der Waals surface area contributed by atoms with Crippen LogP contribution in [0.3, 0.4) is 0 Å². The lowest BCUT2D eigenvalue weighted by Gasteiger charge is -2.15. The Morgan fingerprint density at radius 2 is 1.61 bits per heavy atom. The fraction of sp³-hybridized carbons (Fsp3) is 0.222. The molecule has 0 heterocycles. The smallest absolute Gasteiger partial charge is 0.349 e. The lowest BCUT2D eigenvalue weighted by Crippen LogP contribution is -2.18. The highest BCUT2D eigenvalue weighted by Crippen LogP contribution is 2.30. The Bertz CT molecular complexity index is 1050. The second kappa shape index (κ2) is 10.5. The molecule has 0 unspecified atom stereocenters. The van der Waals surface area contributed by atoms with Gasteiger partial charge in [-0.1, -0.05) is 74.5 Å². The average molecular weight is 417 g/mol. The van der Waals surface area contributed by atoms with E-state index in [1.54, 1.807) is 13.2 Å². The molecule has 0 aliphatic carbocycles. The third kappa shape index (κ3) is 6.22. The van der Waals surface area contributed by atoms with Gasteiger partial charge in [0, 0.05) is 0 Å². The summed E-state index contributed by atoms with van der Waals surface area (Å²) in [4.78, 5) is 12.4. The first-order chi connectivity index (χ1) is 15.0. The summed E-state index contributed by atoms with van der Waals surface area (Å²) in [6, 6.07) is 21.5. The molecule has 4 heteroatoms. The zero-order valence-corrected chi connectivity index (χ0v) is 18.4. The number of methoxy groups -OCH3 is 1. The molecule has 0 N–H and O–H groups in total. The van der Waals surface area contributed by atoms with E-state index in [0.29, 0.717) is 23.2 Å². The maximum Gasteiger partial charge on any atom is 0.349 e. The van der Waals surface area contributed by atoms with Gasteiger partial charge in [0.1, 0.15) is 5.75 Å². The number of carbonyl (C=O) groups excluding carboxylic acids is 1. The van der Waals surface area contributed by atoms with Crippen molar-refractivity contribution in [3.8, 4) is 17.2 Å². The van der Waals surface area contributed by atoms with Crippen molar-refractivity contribution < 1.29 is 19.0 Å². The minimum Gasteiger partial charge on any atom is -0.493 e. The van der Waals surface area contributed by atoms with Crippen LogP contribution in [0.2, 0.25) is 0 Å². The number of carbonyl (C=O) groups is 1. The summed E-state index contributed by atoms with van der Waals surface area (Å²) in [6.07, 6.45) is 4.00. The summed E-state index contributed by atoms with van der Waals surface area (Å²) in [5, 5.41) is 0. The molecule has 0 atom stereocenters. The lowest BCUT2D eigenvalue weighted by molar-refractivity contribution is -0.136. The molecule has 3 aromatic carbocycles. The van der Waals surface area contributed by atoms with E-state index >= 15 is 0 Å². The van der Waals surface area contributed by atoms with Crippen molar-refractivity contribution in [3.63, 3.8) is 0 Å². The summed E-state index contributed by atoms with van der Waals surface area (Å²) < 4.78 is 16.7. The highest BCUT2D eigenvalue weighted by atomic mass is 16.6. The number of rotatable bonds is 8. The third-order valence-electron chi connectivity index (χ3n) is 4.82. The highest BCUT2D eigenvalue weighted by molar-refractivity contribution is 5.76. The fourth-order valence-electron chi connectivity index (χ4n) is 3.16. The quantitative estimate of drug-likeness (QED) is 0.246. The fourth-order valence-corrected chi connectivity index (χ4v) is 3.16. The van der Waals surface area contributed by atoms with Gasteiger partial charge < -0.3 is 14.2 Å². The van der Waals surface area contributed by atoms with Gasteiger partial charge in [0.05, 0.1) is 7.11 Å². The van der Waals surface area contributed by atoms with Crippen LogP contribution in [-0.2, 0) is 4.79 Å². The van der Waals surface area contributed by atoms with E-state index in [4.69, 9.17) is 14.2 Å². The van der Waals surface area contributed by atoms with Gasteiger partial charge in [0.2, 0.25) is 0 Å². The standard InChI is InChI=1S/C27H28O4/c1-19(2)23-14-10-20(3)16-25(23)30-18-27(28)31-24-15-13-22(17-26(24)29-4)12-11-21-8-6-5-7-9-21/h5-17,19H,18H2,1-4H3/b12-11+. The van der Waals surface area contributed by atoms with Crippen molar-refractivity contribution in [1.82, 2.24) is 0 Å². The van der Waals surface area contributed by atoms with E-state index in [0.717, 1.165) is 22.3 Å². The first-order valence-corrected chi connectivity index (χ1v) is 10.3. The summed E-state index contributed by atoms with van der Waals surface area (Å²) >= 11 is 0. The van der Waals surface area contributed by atoms with Crippen LogP contribution < -0.4 is 14.2 Å². The molecule has 0 spiro atoms. The molecule has 0 saturated carbocycles. The summed E-state index contributed by atoms with van der Waals surface area (Å²) in [6.45, 7) is 6.00. The Balaban J connectivity index is 1.66. The third-order valence-corrected chi connectivity index (χ3v) is 4.82. The molecule has 0 radical (unpaired) electrons. The van der Waals surface area contributed by atoms with E-state index in [1.807, 2.05) is 79.7 Å². The van der Waals surface area contributed by atoms with Crippen molar-refractivity contribution in [2.24, 2.45) is 0 Å². The molecule has 0 saturated heterocycles. The number of aryl methyl sites for hydroxylation is 1. The van der Waals surface area contributed by atoms with Crippen LogP contribution in [0.25, 0.3) is 12.2 Å². The molecular weight excluding hydrogens is 388 g/mol.